The van der Waals surface area contributed by atoms with Crippen LogP contribution in [0.25, 0.3) is 0 Å². The van der Waals surface area contributed by atoms with E-state index >= 15 is 0 Å². The predicted molar refractivity (Wildman–Crippen MR) is 55.3 cm³/mol. The van der Waals surface area contributed by atoms with Crippen molar-refractivity contribution in [3.8, 4) is 5.75 Å². The summed E-state index contributed by atoms with van der Waals surface area (Å²) in [6, 6.07) is 5.81. The van der Waals surface area contributed by atoms with Crippen LogP contribution in [-0.4, -0.2) is 20.3 Å². The zero-order valence-electron chi connectivity index (χ0n) is 7.83. The number of hydrogen-bond donors (Lipinski definition) is 0. The topological polar surface area (TPSA) is 27.7 Å². The second-order valence-electron chi connectivity index (χ2n) is 2.94. The van der Waals surface area contributed by atoms with Gasteiger partial charge in [0, 0.05) is 0 Å². The van der Waals surface area contributed by atoms with Crippen molar-refractivity contribution in [3.63, 3.8) is 0 Å². The van der Waals surface area contributed by atoms with E-state index < -0.39 is 0 Å². The fourth-order valence-electron chi connectivity index (χ4n) is 1.46. The fraction of sp³-hybridized carbons (Fsp3) is 0.400. The molecule has 0 saturated carbocycles. The second kappa shape index (κ2) is 4.29. The molecule has 76 valence electrons. The smallest absolute Gasteiger partial charge is 0.187 e. The van der Waals surface area contributed by atoms with Crippen LogP contribution in [0.1, 0.15) is 11.9 Å². The van der Waals surface area contributed by atoms with E-state index in [0.29, 0.717) is 13.2 Å². The Morgan fingerprint density at radius 2 is 2.07 bits per heavy atom. The highest BCUT2D eigenvalue weighted by atomic mass is 79.9. The molecule has 14 heavy (non-hydrogen) atoms. The highest BCUT2D eigenvalue weighted by Gasteiger charge is 2.22. The van der Waals surface area contributed by atoms with E-state index in [-0.39, 0.29) is 6.29 Å². The summed E-state index contributed by atoms with van der Waals surface area (Å²) < 4.78 is 17.0. The molecule has 0 bridgehead atoms. The molecule has 1 aliphatic heterocycles. The fourth-order valence-corrected chi connectivity index (χ4v) is 2.01. The van der Waals surface area contributed by atoms with Gasteiger partial charge in [-0.25, -0.2) is 0 Å². The minimum absolute atomic E-state index is 0.289. The van der Waals surface area contributed by atoms with Crippen LogP contribution in [0.2, 0.25) is 0 Å². The van der Waals surface area contributed by atoms with Gasteiger partial charge in [-0.3, -0.25) is 0 Å². The van der Waals surface area contributed by atoms with Crippen molar-refractivity contribution in [2.45, 2.75) is 6.29 Å². The minimum Gasteiger partial charge on any atom is -0.495 e. The summed E-state index contributed by atoms with van der Waals surface area (Å²) in [5.41, 5.74) is 0.930. The molecule has 4 heteroatoms. The molecule has 0 radical (unpaired) electrons. The number of methoxy groups -OCH3 is 1. The van der Waals surface area contributed by atoms with Crippen molar-refractivity contribution in [3.05, 3.63) is 28.2 Å². The van der Waals surface area contributed by atoms with Gasteiger partial charge in [0.25, 0.3) is 0 Å². The van der Waals surface area contributed by atoms with E-state index in [1.54, 1.807) is 7.11 Å². The number of para-hydroxylation sites is 1. The maximum atomic E-state index is 5.41. The molecule has 1 aromatic rings. The molecule has 1 aromatic carbocycles. The molecule has 1 fully saturated rings. The average Bonchev–Trinajstić information content (AvgIpc) is 2.70. The highest BCUT2D eigenvalue weighted by Crippen LogP contribution is 2.36. The van der Waals surface area contributed by atoms with Crippen molar-refractivity contribution < 1.29 is 14.2 Å². The van der Waals surface area contributed by atoms with Crippen LogP contribution in [0.5, 0.6) is 5.75 Å². The quantitative estimate of drug-likeness (QED) is 0.816. The van der Waals surface area contributed by atoms with Gasteiger partial charge in [-0.1, -0.05) is 12.1 Å². The number of halogens is 1. The van der Waals surface area contributed by atoms with Crippen LogP contribution in [-0.2, 0) is 9.47 Å². The Labute approximate surface area is 91.1 Å². The number of rotatable bonds is 2. The minimum atomic E-state index is -0.289. The van der Waals surface area contributed by atoms with Crippen LogP contribution >= 0.6 is 15.9 Å². The SMILES string of the molecule is COc1c(Br)cccc1C1OCCO1. The van der Waals surface area contributed by atoms with Crippen LogP contribution < -0.4 is 4.74 Å². The molecule has 1 heterocycles. The Balaban J connectivity index is 2.35. The van der Waals surface area contributed by atoms with Crippen molar-refractivity contribution in [2.24, 2.45) is 0 Å². The predicted octanol–water partition coefficient (Wildman–Crippen LogP) is 2.50. The lowest BCUT2D eigenvalue weighted by atomic mass is 10.2. The highest BCUT2D eigenvalue weighted by molar-refractivity contribution is 9.10. The van der Waals surface area contributed by atoms with Gasteiger partial charge >= 0.3 is 0 Å². The largest absolute Gasteiger partial charge is 0.495 e. The van der Waals surface area contributed by atoms with Gasteiger partial charge in [0.1, 0.15) is 5.75 Å². The number of hydrogen-bond acceptors (Lipinski definition) is 3. The van der Waals surface area contributed by atoms with Crippen molar-refractivity contribution in [2.75, 3.05) is 20.3 Å². The molecule has 2 rings (SSSR count). The first-order valence-electron chi connectivity index (χ1n) is 4.38. The molecule has 1 aliphatic rings. The third kappa shape index (κ3) is 1.78. The van der Waals surface area contributed by atoms with Crippen molar-refractivity contribution >= 4 is 15.9 Å². The standard InChI is InChI=1S/C10H11BrO3/c1-12-9-7(3-2-4-8(9)11)10-13-5-6-14-10/h2-4,10H,5-6H2,1H3. The van der Waals surface area contributed by atoms with Crippen LogP contribution in [0.4, 0.5) is 0 Å². The number of benzene rings is 1. The summed E-state index contributed by atoms with van der Waals surface area (Å²) in [6.45, 7) is 1.28. The maximum absolute atomic E-state index is 5.41. The number of ether oxygens (including phenoxy) is 3. The summed E-state index contributed by atoms with van der Waals surface area (Å²) in [5.74, 6) is 0.777. The zero-order valence-corrected chi connectivity index (χ0v) is 9.41. The van der Waals surface area contributed by atoms with Gasteiger partial charge in [0.2, 0.25) is 0 Å². The molecule has 0 amide bonds. The van der Waals surface area contributed by atoms with Gasteiger partial charge in [-0.15, -0.1) is 0 Å². The van der Waals surface area contributed by atoms with Gasteiger partial charge in [-0.2, -0.15) is 0 Å². The van der Waals surface area contributed by atoms with E-state index in [4.69, 9.17) is 14.2 Å². The summed E-state index contributed by atoms with van der Waals surface area (Å²) in [7, 11) is 1.64. The second-order valence-corrected chi connectivity index (χ2v) is 3.79. The molecule has 0 aromatic heterocycles. The lowest BCUT2D eigenvalue weighted by molar-refractivity contribution is -0.0455. The molecule has 0 atom stereocenters. The molecule has 3 nitrogen and oxygen atoms in total. The monoisotopic (exact) mass is 258 g/mol. The van der Waals surface area contributed by atoms with E-state index in [0.717, 1.165) is 15.8 Å². The Kier molecular flexibility index (Phi) is 3.05. The maximum Gasteiger partial charge on any atom is 0.187 e. The van der Waals surface area contributed by atoms with Gasteiger partial charge in [0.05, 0.1) is 30.4 Å². The zero-order chi connectivity index (χ0) is 9.97. The van der Waals surface area contributed by atoms with E-state index in [1.165, 1.54) is 0 Å². The normalized spacial score (nSPS) is 17.3. The average molecular weight is 259 g/mol. The van der Waals surface area contributed by atoms with Crippen LogP contribution in [0, 0.1) is 0 Å². The van der Waals surface area contributed by atoms with Gasteiger partial charge < -0.3 is 14.2 Å². The molecular weight excluding hydrogens is 248 g/mol. The third-order valence-electron chi connectivity index (χ3n) is 2.08. The first-order chi connectivity index (χ1) is 6.83. The van der Waals surface area contributed by atoms with Crippen molar-refractivity contribution in [1.29, 1.82) is 0 Å². The van der Waals surface area contributed by atoms with E-state index in [1.807, 2.05) is 18.2 Å². The Morgan fingerprint density at radius 1 is 1.36 bits per heavy atom. The lowest BCUT2D eigenvalue weighted by Gasteiger charge is -2.14. The first kappa shape index (κ1) is 9.96. The van der Waals surface area contributed by atoms with Gasteiger partial charge in [-0.05, 0) is 22.0 Å². The summed E-state index contributed by atoms with van der Waals surface area (Å²) in [4.78, 5) is 0. The van der Waals surface area contributed by atoms with Crippen LogP contribution in [0.3, 0.4) is 0 Å². The first-order valence-corrected chi connectivity index (χ1v) is 5.18. The Bertz CT molecular complexity index is 321. The Morgan fingerprint density at radius 3 is 2.71 bits per heavy atom. The Hall–Kier alpha value is -0.580. The van der Waals surface area contributed by atoms with E-state index in [9.17, 15) is 0 Å². The molecule has 0 aliphatic carbocycles. The molecule has 0 spiro atoms. The van der Waals surface area contributed by atoms with E-state index in [2.05, 4.69) is 15.9 Å². The molecule has 1 saturated heterocycles. The summed E-state index contributed by atoms with van der Waals surface area (Å²) in [6.07, 6.45) is -0.289. The molecule has 0 N–H and O–H groups in total. The summed E-state index contributed by atoms with van der Waals surface area (Å²) >= 11 is 3.42. The third-order valence-corrected chi connectivity index (χ3v) is 2.70. The molecular formula is C10H11BrO3. The van der Waals surface area contributed by atoms with Crippen molar-refractivity contribution in [1.82, 2.24) is 0 Å². The molecule has 0 unspecified atom stereocenters. The van der Waals surface area contributed by atoms with Crippen LogP contribution in [0.15, 0.2) is 22.7 Å². The summed E-state index contributed by atoms with van der Waals surface area (Å²) in [5, 5.41) is 0. The van der Waals surface area contributed by atoms with Gasteiger partial charge in [0.15, 0.2) is 6.29 Å². The lowest BCUT2D eigenvalue weighted by Crippen LogP contribution is -2.01.